The highest BCUT2D eigenvalue weighted by atomic mass is 35.5. The molecule has 0 unspecified atom stereocenters. The number of hydrogen-bond donors (Lipinski definition) is 0. The summed E-state index contributed by atoms with van der Waals surface area (Å²) in [6.45, 7) is 0. The summed E-state index contributed by atoms with van der Waals surface area (Å²) >= 11 is 5.90. The minimum atomic E-state index is -0.580. The number of halogens is 1. The van der Waals surface area contributed by atoms with Gasteiger partial charge in [0.25, 0.3) is 0 Å². The molecule has 0 N–H and O–H groups in total. The number of aromatic nitrogens is 2. The van der Waals surface area contributed by atoms with Gasteiger partial charge in [0.2, 0.25) is 0 Å². The van der Waals surface area contributed by atoms with E-state index in [1.807, 2.05) is 36.4 Å². The second kappa shape index (κ2) is 8.68. The van der Waals surface area contributed by atoms with Gasteiger partial charge in [-0.15, -0.1) is 0 Å². The molecule has 6 heteroatoms. The molecule has 4 rings (SSSR count). The van der Waals surface area contributed by atoms with Gasteiger partial charge in [0, 0.05) is 22.3 Å². The summed E-state index contributed by atoms with van der Waals surface area (Å²) in [6.07, 6.45) is 2.94. The van der Waals surface area contributed by atoms with Gasteiger partial charge >= 0.3 is 5.69 Å². The maximum atomic E-state index is 13.2. The van der Waals surface area contributed by atoms with Crippen molar-refractivity contribution in [3.05, 3.63) is 123 Å². The molecular weight excluding hydrogens is 398 g/mol. The number of hydrogen-bond acceptors (Lipinski definition) is 4. The first-order chi connectivity index (χ1) is 14.6. The van der Waals surface area contributed by atoms with Crippen molar-refractivity contribution in [1.29, 1.82) is 0 Å². The molecular formula is C24H16ClN3O2. The quantitative estimate of drug-likeness (QED) is 0.352. The van der Waals surface area contributed by atoms with Crippen LogP contribution >= 0.6 is 11.6 Å². The van der Waals surface area contributed by atoms with Crippen molar-refractivity contribution >= 4 is 23.6 Å². The average Bonchev–Trinajstić information content (AvgIpc) is 2.80. The number of carbonyl (C=O) groups is 1. The van der Waals surface area contributed by atoms with Crippen molar-refractivity contribution in [2.75, 3.05) is 0 Å². The molecule has 0 aliphatic heterocycles. The fraction of sp³-hybridized carbons (Fsp3) is 0. The van der Waals surface area contributed by atoms with Crippen LogP contribution in [0.3, 0.4) is 0 Å². The highest BCUT2D eigenvalue weighted by molar-refractivity contribution is 6.30. The first-order valence-corrected chi connectivity index (χ1v) is 9.58. The zero-order valence-electron chi connectivity index (χ0n) is 15.8. The number of carbonyl (C=O) groups excluding carboxylic acids is 1. The molecule has 5 nitrogen and oxygen atoms in total. The Hall–Kier alpha value is -3.83. The second-order valence-electron chi connectivity index (χ2n) is 6.49. The van der Waals surface area contributed by atoms with E-state index in [0.29, 0.717) is 27.4 Å². The van der Waals surface area contributed by atoms with Gasteiger partial charge in [-0.3, -0.25) is 4.79 Å². The Bertz CT molecular complexity index is 1270. The summed E-state index contributed by atoms with van der Waals surface area (Å²) in [6, 6.07) is 25.0. The van der Waals surface area contributed by atoms with Crippen molar-refractivity contribution in [2.24, 2.45) is 5.10 Å². The zero-order valence-corrected chi connectivity index (χ0v) is 16.5. The SMILES string of the molecule is O=C(c1ccccc1)c1cn(/N=C/c2ccc(Cl)cc2)c(=O)nc1-c1ccccc1. The monoisotopic (exact) mass is 413 g/mol. The van der Waals surface area contributed by atoms with Gasteiger partial charge in [0.05, 0.1) is 17.5 Å². The lowest BCUT2D eigenvalue weighted by Crippen LogP contribution is -2.23. The molecule has 30 heavy (non-hydrogen) atoms. The van der Waals surface area contributed by atoms with Crippen molar-refractivity contribution in [2.45, 2.75) is 0 Å². The fourth-order valence-corrected chi connectivity index (χ4v) is 3.06. The van der Waals surface area contributed by atoms with Gasteiger partial charge in [0.1, 0.15) is 0 Å². The third-order valence-electron chi connectivity index (χ3n) is 4.44. The maximum Gasteiger partial charge on any atom is 0.368 e. The van der Waals surface area contributed by atoms with Crippen molar-refractivity contribution in [3.63, 3.8) is 0 Å². The lowest BCUT2D eigenvalue weighted by atomic mass is 9.99. The minimum absolute atomic E-state index is 0.239. The van der Waals surface area contributed by atoms with Crippen LogP contribution in [0.25, 0.3) is 11.3 Å². The van der Waals surface area contributed by atoms with Crippen LogP contribution in [0, 0.1) is 0 Å². The van der Waals surface area contributed by atoms with E-state index in [0.717, 1.165) is 10.2 Å². The largest absolute Gasteiger partial charge is 0.368 e. The molecule has 0 radical (unpaired) electrons. The molecule has 0 aliphatic rings. The summed E-state index contributed by atoms with van der Waals surface area (Å²) in [4.78, 5) is 30.0. The third kappa shape index (κ3) is 4.26. The summed E-state index contributed by atoms with van der Waals surface area (Å²) in [5, 5.41) is 4.80. The smallest absolute Gasteiger partial charge is 0.288 e. The van der Waals surface area contributed by atoms with Gasteiger partial charge in [0.15, 0.2) is 5.78 Å². The molecule has 3 aromatic carbocycles. The number of ketones is 1. The molecule has 146 valence electrons. The highest BCUT2D eigenvalue weighted by Gasteiger charge is 2.18. The zero-order chi connectivity index (χ0) is 20.9. The van der Waals surface area contributed by atoms with Gasteiger partial charge in [-0.1, -0.05) is 84.4 Å². The molecule has 4 aromatic rings. The topological polar surface area (TPSA) is 64.3 Å². The molecule has 1 heterocycles. The van der Waals surface area contributed by atoms with E-state index in [9.17, 15) is 9.59 Å². The number of nitrogens with zero attached hydrogens (tertiary/aromatic N) is 3. The number of rotatable bonds is 5. The molecule has 0 spiro atoms. The van der Waals surface area contributed by atoms with E-state index >= 15 is 0 Å². The molecule has 0 aliphatic carbocycles. The summed E-state index contributed by atoms with van der Waals surface area (Å²) in [7, 11) is 0. The van der Waals surface area contributed by atoms with Crippen LogP contribution in [0.5, 0.6) is 0 Å². The molecule has 0 atom stereocenters. The molecule has 1 aromatic heterocycles. The predicted molar refractivity (Wildman–Crippen MR) is 118 cm³/mol. The van der Waals surface area contributed by atoms with Crippen LogP contribution in [0.15, 0.2) is 101 Å². The first kappa shape index (κ1) is 19.5. The minimum Gasteiger partial charge on any atom is -0.288 e. The Labute approximate surface area is 177 Å². The third-order valence-corrected chi connectivity index (χ3v) is 4.69. The van der Waals surface area contributed by atoms with Crippen molar-refractivity contribution in [3.8, 4) is 11.3 Å². The Kier molecular flexibility index (Phi) is 5.63. The van der Waals surface area contributed by atoms with E-state index in [1.54, 1.807) is 48.5 Å². The molecule has 0 bridgehead atoms. The van der Waals surface area contributed by atoms with E-state index < -0.39 is 5.69 Å². The van der Waals surface area contributed by atoms with E-state index in [1.165, 1.54) is 12.4 Å². The Morgan fingerprint density at radius 2 is 1.53 bits per heavy atom. The standard InChI is InChI=1S/C24H16ClN3O2/c25-20-13-11-17(12-14-20)15-26-28-16-21(23(29)19-9-5-2-6-10-19)22(27-24(28)30)18-7-3-1-4-8-18/h1-16H/b26-15+. The van der Waals surface area contributed by atoms with Gasteiger partial charge in [-0.2, -0.15) is 14.8 Å². The van der Waals surface area contributed by atoms with Crippen molar-refractivity contribution < 1.29 is 4.79 Å². The van der Waals surface area contributed by atoms with Gasteiger partial charge < -0.3 is 0 Å². The summed E-state index contributed by atoms with van der Waals surface area (Å²) in [5.41, 5.74) is 1.98. The van der Waals surface area contributed by atoms with Crippen LogP contribution in [0.4, 0.5) is 0 Å². The van der Waals surface area contributed by atoms with Crippen LogP contribution in [-0.4, -0.2) is 21.7 Å². The van der Waals surface area contributed by atoms with Crippen LogP contribution in [-0.2, 0) is 0 Å². The van der Waals surface area contributed by atoms with Gasteiger partial charge in [-0.05, 0) is 17.7 Å². The number of benzene rings is 3. The molecule has 0 fully saturated rings. The lowest BCUT2D eigenvalue weighted by Gasteiger charge is -2.09. The summed E-state index contributed by atoms with van der Waals surface area (Å²) < 4.78 is 1.07. The molecule has 0 saturated heterocycles. The Morgan fingerprint density at radius 1 is 0.900 bits per heavy atom. The molecule has 0 saturated carbocycles. The lowest BCUT2D eigenvalue weighted by molar-refractivity contribution is 0.103. The van der Waals surface area contributed by atoms with Crippen LogP contribution in [0.2, 0.25) is 5.02 Å². The van der Waals surface area contributed by atoms with Crippen LogP contribution in [0.1, 0.15) is 21.5 Å². The fourth-order valence-electron chi connectivity index (χ4n) is 2.93. The average molecular weight is 414 g/mol. The van der Waals surface area contributed by atoms with Crippen molar-refractivity contribution in [1.82, 2.24) is 9.66 Å². The predicted octanol–water partition coefficient (Wildman–Crippen LogP) is 4.68. The highest BCUT2D eigenvalue weighted by Crippen LogP contribution is 2.22. The van der Waals surface area contributed by atoms with E-state index in [2.05, 4.69) is 10.1 Å². The van der Waals surface area contributed by atoms with Crippen LogP contribution < -0.4 is 5.69 Å². The Balaban J connectivity index is 1.82. The van der Waals surface area contributed by atoms with E-state index in [4.69, 9.17) is 11.6 Å². The maximum absolute atomic E-state index is 13.2. The second-order valence-corrected chi connectivity index (χ2v) is 6.92. The molecule has 0 amide bonds. The first-order valence-electron chi connectivity index (χ1n) is 9.20. The Morgan fingerprint density at radius 3 is 2.20 bits per heavy atom. The normalized spacial score (nSPS) is 11.0. The van der Waals surface area contributed by atoms with Gasteiger partial charge in [-0.25, -0.2) is 4.79 Å². The van der Waals surface area contributed by atoms with E-state index in [-0.39, 0.29) is 5.78 Å². The summed E-state index contributed by atoms with van der Waals surface area (Å²) in [5.74, 6) is -0.239.